The first-order valence-corrected chi connectivity index (χ1v) is 5.55. The van der Waals surface area contributed by atoms with Gasteiger partial charge in [0.05, 0.1) is 11.8 Å². The standard InChI is InChI=1S/C14H15NO2/c1-14(2,3)13-15-11(9-12(16)17-13)10-7-5-4-6-8-10/h4-9H,1-3H3. The van der Waals surface area contributed by atoms with Crippen LogP contribution in [0.5, 0.6) is 0 Å². The van der Waals surface area contributed by atoms with Gasteiger partial charge in [0.15, 0.2) is 0 Å². The Bertz CT molecular complexity index is 565. The number of rotatable bonds is 1. The van der Waals surface area contributed by atoms with Crippen LogP contribution in [-0.2, 0) is 5.41 Å². The Labute approximate surface area is 100 Å². The van der Waals surface area contributed by atoms with Crippen molar-refractivity contribution in [3.8, 4) is 11.3 Å². The predicted octanol–water partition coefficient (Wildman–Crippen LogP) is 3.00. The second kappa shape index (κ2) is 4.17. The molecule has 1 heterocycles. The van der Waals surface area contributed by atoms with E-state index in [0.717, 1.165) is 5.56 Å². The maximum absolute atomic E-state index is 11.5. The van der Waals surface area contributed by atoms with E-state index in [4.69, 9.17) is 4.42 Å². The fourth-order valence-electron chi connectivity index (χ4n) is 1.48. The maximum Gasteiger partial charge on any atom is 0.339 e. The van der Waals surface area contributed by atoms with Crippen LogP contribution in [0, 0.1) is 0 Å². The second-order valence-corrected chi connectivity index (χ2v) is 4.98. The lowest BCUT2D eigenvalue weighted by molar-refractivity contribution is 0.354. The van der Waals surface area contributed by atoms with E-state index in [-0.39, 0.29) is 11.0 Å². The summed E-state index contributed by atoms with van der Waals surface area (Å²) in [4.78, 5) is 15.9. The van der Waals surface area contributed by atoms with Crippen LogP contribution in [0.25, 0.3) is 11.3 Å². The number of benzene rings is 1. The van der Waals surface area contributed by atoms with Crippen LogP contribution in [0.2, 0.25) is 0 Å². The molecule has 0 atom stereocenters. The molecule has 0 fully saturated rings. The number of hydrogen-bond donors (Lipinski definition) is 0. The molecule has 3 nitrogen and oxygen atoms in total. The minimum Gasteiger partial charge on any atom is -0.408 e. The molecule has 0 aliphatic carbocycles. The van der Waals surface area contributed by atoms with Crippen molar-refractivity contribution in [3.05, 3.63) is 52.7 Å². The van der Waals surface area contributed by atoms with Gasteiger partial charge in [-0.05, 0) is 0 Å². The maximum atomic E-state index is 11.5. The van der Waals surface area contributed by atoms with Gasteiger partial charge in [-0.3, -0.25) is 0 Å². The van der Waals surface area contributed by atoms with Gasteiger partial charge >= 0.3 is 5.63 Å². The predicted molar refractivity (Wildman–Crippen MR) is 66.9 cm³/mol. The molecule has 0 N–H and O–H groups in total. The van der Waals surface area contributed by atoms with Gasteiger partial charge in [-0.15, -0.1) is 0 Å². The molecule has 0 aliphatic rings. The van der Waals surface area contributed by atoms with Crippen LogP contribution in [0.4, 0.5) is 0 Å². The normalized spacial score (nSPS) is 11.5. The van der Waals surface area contributed by atoms with Gasteiger partial charge in [-0.1, -0.05) is 51.1 Å². The van der Waals surface area contributed by atoms with Crippen LogP contribution in [0.1, 0.15) is 26.7 Å². The fraction of sp³-hybridized carbons (Fsp3) is 0.286. The van der Waals surface area contributed by atoms with Crippen molar-refractivity contribution in [2.45, 2.75) is 26.2 Å². The molecule has 0 unspecified atom stereocenters. The van der Waals surface area contributed by atoms with E-state index in [2.05, 4.69) is 4.98 Å². The molecule has 1 aromatic heterocycles. The van der Waals surface area contributed by atoms with E-state index in [0.29, 0.717) is 11.6 Å². The third-order valence-corrected chi connectivity index (χ3v) is 2.38. The van der Waals surface area contributed by atoms with Gasteiger partial charge in [0, 0.05) is 11.0 Å². The number of nitrogens with zero attached hydrogens (tertiary/aromatic N) is 1. The summed E-state index contributed by atoms with van der Waals surface area (Å²) >= 11 is 0. The molecule has 2 aromatic rings. The topological polar surface area (TPSA) is 43.1 Å². The van der Waals surface area contributed by atoms with Crippen molar-refractivity contribution in [2.24, 2.45) is 0 Å². The third kappa shape index (κ3) is 2.61. The van der Waals surface area contributed by atoms with Gasteiger partial charge in [0.25, 0.3) is 0 Å². The monoisotopic (exact) mass is 229 g/mol. The SMILES string of the molecule is CC(C)(C)c1nc(-c2ccccc2)cc(=O)o1. The molecular formula is C14H15NO2. The highest BCUT2D eigenvalue weighted by Crippen LogP contribution is 2.22. The molecule has 0 radical (unpaired) electrons. The minimum atomic E-state index is -0.358. The molecule has 2 rings (SSSR count). The van der Waals surface area contributed by atoms with Gasteiger partial charge in [0.1, 0.15) is 0 Å². The molecule has 1 aromatic carbocycles. The Morgan fingerprint density at radius 3 is 2.35 bits per heavy atom. The third-order valence-electron chi connectivity index (χ3n) is 2.38. The van der Waals surface area contributed by atoms with E-state index in [1.807, 2.05) is 51.1 Å². The van der Waals surface area contributed by atoms with E-state index in [9.17, 15) is 4.79 Å². The molecule has 0 bridgehead atoms. The molecule has 0 amide bonds. The van der Waals surface area contributed by atoms with Crippen LogP contribution in [-0.4, -0.2) is 4.98 Å². The van der Waals surface area contributed by atoms with E-state index in [1.165, 1.54) is 6.07 Å². The zero-order valence-electron chi connectivity index (χ0n) is 10.2. The summed E-state index contributed by atoms with van der Waals surface area (Å²) in [5.41, 5.74) is 0.950. The van der Waals surface area contributed by atoms with Crippen molar-refractivity contribution in [2.75, 3.05) is 0 Å². The molecule has 88 valence electrons. The van der Waals surface area contributed by atoms with E-state index in [1.54, 1.807) is 0 Å². The Morgan fingerprint density at radius 1 is 1.12 bits per heavy atom. The Hall–Kier alpha value is -1.90. The first-order valence-electron chi connectivity index (χ1n) is 5.55. The fourth-order valence-corrected chi connectivity index (χ4v) is 1.48. The smallest absolute Gasteiger partial charge is 0.339 e. The molecule has 17 heavy (non-hydrogen) atoms. The average Bonchev–Trinajstić information content (AvgIpc) is 2.28. The van der Waals surface area contributed by atoms with Crippen molar-refractivity contribution in [3.63, 3.8) is 0 Å². The number of aromatic nitrogens is 1. The van der Waals surface area contributed by atoms with Crippen LogP contribution in [0.3, 0.4) is 0 Å². The summed E-state index contributed by atoms with van der Waals surface area (Å²) in [5, 5.41) is 0. The first kappa shape index (κ1) is 11.6. The summed E-state index contributed by atoms with van der Waals surface area (Å²) in [7, 11) is 0. The molecule has 0 saturated carbocycles. The van der Waals surface area contributed by atoms with E-state index < -0.39 is 0 Å². The van der Waals surface area contributed by atoms with E-state index >= 15 is 0 Å². The van der Waals surface area contributed by atoms with Crippen molar-refractivity contribution >= 4 is 0 Å². The zero-order valence-corrected chi connectivity index (χ0v) is 10.2. The highest BCUT2D eigenvalue weighted by atomic mass is 16.4. The van der Waals surface area contributed by atoms with Gasteiger partial charge < -0.3 is 4.42 Å². The van der Waals surface area contributed by atoms with Crippen molar-refractivity contribution < 1.29 is 4.42 Å². The zero-order chi connectivity index (χ0) is 12.5. The molecule has 3 heteroatoms. The van der Waals surface area contributed by atoms with Gasteiger partial charge in [0.2, 0.25) is 5.89 Å². The largest absolute Gasteiger partial charge is 0.408 e. The summed E-state index contributed by atoms with van der Waals surface area (Å²) in [5.74, 6) is 0.462. The highest BCUT2D eigenvalue weighted by molar-refractivity contribution is 5.58. The van der Waals surface area contributed by atoms with Crippen molar-refractivity contribution in [1.29, 1.82) is 0 Å². The molecular weight excluding hydrogens is 214 g/mol. The average molecular weight is 229 g/mol. The number of hydrogen-bond acceptors (Lipinski definition) is 3. The Kier molecular flexibility index (Phi) is 2.84. The summed E-state index contributed by atoms with van der Waals surface area (Å²) < 4.78 is 5.14. The van der Waals surface area contributed by atoms with Gasteiger partial charge in [-0.25, -0.2) is 9.78 Å². The molecule has 0 spiro atoms. The van der Waals surface area contributed by atoms with Crippen LogP contribution in [0.15, 0.2) is 45.6 Å². The Balaban J connectivity index is 2.58. The molecule has 0 aliphatic heterocycles. The lowest BCUT2D eigenvalue weighted by atomic mass is 9.96. The lowest BCUT2D eigenvalue weighted by Crippen LogP contribution is -2.17. The van der Waals surface area contributed by atoms with Crippen LogP contribution < -0.4 is 5.63 Å². The quantitative estimate of drug-likeness (QED) is 0.755. The first-order chi connectivity index (χ1) is 7.97. The second-order valence-electron chi connectivity index (χ2n) is 4.98. The summed E-state index contributed by atoms with van der Waals surface area (Å²) in [6, 6.07) is 11.0. The highest BCUT2D eigenvalue weighted by Gasteiger charge is 2.20. The summed E-state index contributed by atoms with van der Waals surface area (Å²) in [6.07, 6.45) is 0. The molecule has 0 saturated heterocycles. The summed E-state index contributed by atoms with van der Waals surface area (Å²) in [6.45, 7) is 5.90. The lowest BCUT2D eigenvalue weighted by Gasteiger charge is -2.15. The van der Waals surface area contributed by atoms with Gasteiger partial charge in [-0.2, -0.15) is 0 Å². The van der Waals surface area contributed by atoms with Crippen molar-refractivity contribution in [1.82, 2.24) is 4.98 Å². The Morgan fingerprint density at radius 2 is 1.76 bits per heavy atom. The van der Waals surface area contributed by atoms with Crippen LogP contribution >= 0.6 is 0 Å². The minimum absolute atomic E-state index is 0.274.